The molecule has 4 heterocycles. The lowest BCUT2D eigenvalue weighted by Gasteiger charge is -2.37. The van der Waals surface area contributed by atoms with Gasteiger partial charge < -0.3 is 28.9 Å². The normalized spacial score (nSPS) is 18.5. The number of halogens is 4. The quantitative estimate of drug-likeness (QED) is 0.0643. The van der Waals surface area contributed by atoms with Crippen LogP contribution in [0.4, 0.5) is 30.2 Å². The number of carboxylic acid groups (broad SMARTS) is 1. The zero-order chi connectivity index (χ0) is 55.7. The van der Waals surface area contributed by atoms with Gasteiger partial charge in [-0.15, -0.1) is 11.8 Å². The summed E-state index contributed by atoms with van der Waals surface area (Å²) < 4.78 is 122. The summed E-state index contributed by atoms with van der Waals surface area (Å²) in [6, 6.07) is 35.9. The molecule has 416 valence electrons. The lowest BCUT2D eigenvalue weighted by molar-refractivity contribution is -0.143. The number of benzene rings is 5. The van der Waals surface area contributed by atoms with E-state index in [4.69, 9.17) is 16.1 Å². The number of carbonyl (C=O) groups is 1. The second-order valence-corrected chi connectivity index (χ2v) is 28.3. The van der Waals surface area contributed by atoms with E-state index in [1.807, 2.05) is 99.6 Å². The maximum atomic E-state index is 15.0. The number of anilines is 3. The Morgan fingerprint density at radius 2 is 1.44 bits per heavy atom. The first-order valence-corrected chi connectivity index (χ1v) is 32.4. The molecule has 0 radical (unpaired) electrons. The van der Waals surface area contributed by atoms with Crippen molar-refractivity contribution in [1.82, 2.24) is 9.47 Å². The first-order chi connectivity index (χ1) is 37.0. The number of likely N-dealkylation sites (tertiary alicyclic amines) is 1. The smallest absolute Gasteiger partial charge is 0.481 e. The topological polar surface area (TPSA) is 150 Å². The summed E-state index contributed by atoms with van der Waals surface area (Å²) in [5.74, 6) is -1.04. The van der Waals surface area contributed by atoms with E-state index in [2.05, 4.69) is 19.3 Å². The van der Waals surface area contributed by atoms with E-state index in [0.717, 1.165) is 39.2 Å². The summed E-state index contributed by atoms with van der Waals surface area (Å²) in [4.78, 5) is 18.5. The van der Waals surface area contributed by atoms with Crippen LogP contribution in [0.2, 0.25) is 5.02 Å². The highest BCUT2D eigenvalue weighted by atomic mass is 35.5. The van der Waals surface area contributed by atoms with Gasteiger partial charge in [0.15, 0.2) is 9.84 Å². The van der Waals surface area contributed by atoms with Crippen molar-refractivity contribution in [3.05, 3.63) is 138 Å². The molecule has 78 heavy (non-hydrogen) atoms. The predicted octanol–water partition coefficient (Wildman–Crippen LogP) is 11.9. The molecular weight excluding hydrogens is 1100 g/mol. The van der Waals surface area contributed by atoms with Crippen LogP contribution < -0.4 is 19.8 Å². The Morgan fingerprint density at radius 3 is 2.05 bits per heavy atom. The van der Waals surface area contributed by atoms with Gasteiger partial charge in [0.1, 0.15) is 0 Å². The highest BCUT2D eigenvalue weighted by Gasteiger charge is 2.49. The van der Waals surface area contributed by atoms with Gasteiger partial charge in [-0.05, 0) is 161 Å². The Morgan fingerprint density at radius 1 is 0.795 bits per heavy atom. The molecule has 21 heteroatoms. The summed E-state index contributed by atoms with van der Waals surface area (Å²) in [6.07, 6.45) is 2.76. The third kappa shape index (κ3) is 12.2. The second kappa shape index (κ2) is 23.4. The Kier molecular flexibility index (Phi) is 17.3. The van der Waals surface area contributed by atoms with Gasteiger partial charge >= 0.3 is 19.0 Å². The molecule has 3 saturated heterocycles. The number of rotatable bonds is 18. The number of aliphatic carboxylic acids is 1. The molecule has 0 saturated carbocycles. The number of hydrogen-bond donors (Lipinski definition) is 1. The van der Waals surface area contributed by atoms with E-state index in [0.29, 0.717) is 92.8 Å². The van der Waals surface area contributed by atoms with Crippen LogP contribution >= 0.6 is 30.9 Å². The average molecular weight is 1170 g/mol. The van der Waals surface area contributed by atoms with Crippen LogP contribution in [0.15, 0.2) is 136 Å². The lowest BCUT2D eigenvalue weighted by atomic mass is 9.95. The summed E-state index contributed by atoms with van der Waals surface area (Å²) in [6.45, 7) is 10.3. The summed E-state index contributed by atoms with van der Waals surface area (Å²) in [5, 5.41) is 9.91. The minimum Gasteiger partial charge on any atom is -0.481 e. The zero-order valence-electron chi connectivity index (χ0n) is 43.9. The maximum absolute atomic E-state index is 15.0. The lowest BCUT2D eigenvalue weighted by Crippen LogP contribution is -2.46. The Hall–Kier alpha value is -5.27. The number of carboxylic acids is 1. The molecule has 1 N–H and O–H groups in total. The predicted molar refractivity (Wildman–Crippen MR) is 305 cm³/mol. The van der Waals surface area contributed by atoms with Crippen LogP contribution in [0, 0.1) is 18.8 Å². The van der Waals surface area contributed by atoms with E-state index in [-0.39, 0.29) is 47.3 Å². The maximum Gasteiger partial charge on any atom is 0.501 e. The Labute approximate surface area is 464 Å². The van der Waals surface area contributed by atoms with Gasteiger partial charge in [0.2, 0.25) is 0 Å². The van der Waals surface area contributed by atoms with Gasteiger partial charge in [0.05, 0.1) is 39.9 Å². The second-order valence-electron chi connectivity index (χ2n) is 20.6. The fourth-order valence-corrected chi connectivity index (χ4v) is 16.9. The monoisotopic (exact) mass is 1170 g/mol. The van der Waals surface area contributed by atoms with Crippen LogP contribution in [-0.4, -0.2) is 114 Å². The molecule has 0 spiro atoms. The number of piperazine rings is 1. The molecule has 0 amide bonds. The van der Waals surface area contributed by atoms with E-state index >= 15 is 4.57 Å². The molecule has 0 aliphatic carbocycles. The highest BCUT2D eigenvalue weighted by molar-refractivity contribution is 7.99. The van der Waals surface area contributed by atoms with E-state index in [1.54, 1.807) is 24.3 Å². The molecule has 6 aromatic rings. The number of alkyl halides is 3. The molecule has 2 atom stereocenters. The van der Waals surface area contributed by atoms with Crippen LogP contribution in [0.25, 0.3) is 22.4 Å². The largest absolute Gasteiger partial charge is 0.501 e. The van der Waals surface area contributed by atoms with E-state index in [9.17, 15) is 39.9 Å². The number of nitrogens with zero attached hydrogens (tertiary/aromatic N) is 5. The van der Waals surface area contributed by atoms with Crippen molar-refractivity contribution in [2.75, 3.05) is 85.4 Å². The molecule has 0 bridgehead atoms. The number of piperidine rings is 1. The number of thioether (sulfide) groups is 1. The number of aromatic nitrogens is 1. The van der Waals surface area contributed by atoms with Crippen molar-refractivity contribution in [1.29, 1.82) is 0 Å². The molecule has 5 aromatic carbocycles. The SMILES string of the molecule is Cc1c(S(C)(=O)=O)c(-c2cccc(N3CCN(c4ccc(N5CCO[P@@]5(=O)c5ccc(C[C@H](CCN6CCC(C(=O)O)CC6)CSc6ccccc6)c(S(=O)(=O)C(F)(F)F)c5)cc4)CC3)c2)c(-c2ccc(Cl)cc2)n1C(C)C. The van der Waals surface area contributed by atoms with Gasteiger partial charge in [-0.25, -0.2) is 16.8 Å². The molecule has 13 nitrogen and oxygen atoms in total. The van der Waals surface area contributed by atoms with Gasteiger partial charge in [0, 0.05) is 82.5 Å². The Balaban J connectivity index is 0.925. The van der Waals surface area contributed by atoms with Crippen molar-refractivity contribution in [2.45, 2.75) is 72.7 Å². The summed E-state index contributed by atoms with van der Waals surface area (Å²) in [5.41, 5.74) is 0.391. The fourth-order valence-electron chi connectivity index (χ4n) is 11.1. The van der Waals surface area contributed by atoms with Crippen molar-refractivity contribution in [3.63, 3.8) is 0 Å². The van der Waals surface area contributed by atoms with E-state index < -0.39 is 49.5 Å². The Bertz CT molecular complexity index is 3410. The van der Waals surface area contributed by atoms with Crippen molar-refractivity contribution < 1.29 is 49.0 Å². The van der Waals surface area contributed by atoms with Crippen molar-refractivity contribution in [3.8, 4) is 22.4 Å². The van der Waals surface area contributed by atoms with Gasteiger partial charge in [0.25, 0.3) is 9.84 Å². The highest BCUT2D eigenvalue weighted by Crippen LogP contribution is 2.56. The zero-order valence-corrected chi connectivity index (χ0v) is 48.0. The third-order valence-corrected chi connectivity index (χ3v) is 21.9. The van der Waals surface area contributed by atoms with Crippen LogP contribution in [-0.2, 0) is 40.0 Å². The van der Waals surface area contributed by atoms with Crippen LogP contribution in [0.1, 0.15) is 50.4 Å². The minimum absolute atomic E-state index is 0.00158. The summed E-state index contributed by atoms with van der Waals surface area (Å²) in [7, 11) is -13.7. The molecule has 3 fully saturated rings. The molecule has 1 aromatic heterocycles. The first-order valence-electron chi connectivity index (χ1n) is 26.0. The van der Waals surface area contributed by atoms with Crippen molar-refractivity contribution >= 4 is 78.9 Å². The number of hydrogen-bond acceptors (Lipinski definition) is 11. The molecule has 3 aliphatic rings. The van der Waals surface area contributed by atoms with Gasteiger partial charge in [-0.2, -0.15) is 13.2 Å². The third-order valence-electron chi connectivity index (χ3n) is 15.1. The molecule has 0 unspecified atom stereocenters. The fraction of sp³-hybridized carbons (Fsp3) is 0.386. The minimum atomic E-state index is -5.91. The summed E-state index contributed by atoms with van der Waals surface area (Å²) >= 11 is 7.82. The number of sulfone groups is 2. The van der Waals surface area contributed by atoms with Gasteiger partial charge in [-0.1, -0.05) is 60.1 Å². The first kappa shape index (κ1) is 57.4. The van der Waals surface area contributed by atoms with Gasteiger partial charge in [-0.3, -0.25) is 14.0 Å². The van der Waals surface area contributed by atoms with Crippen LogP contribution in [0.3, 0.4) is 0 Å². The average Bonchev–Trinajstić information content (AvgIpc) is 4.13. The molecular formula is C57H64ClF3N5O8PS3. The van der Waals surface area contributed by atoms with E-state index in [1.165, 1.54) is 34.8 Å². The molecule has 9 rings (SSSR count). The van der Waals surface area contributed by atoms with Crippen LogP contribution in [0.5, 0.6) is 0 Å². The van der Waals surface area contributed by atoms with Crippen molar-refractivity contribution in [2.24, 2.45) is 11.8 Å². The standard InChI is InChI=1S/C57H64ClF3N5O8PS3/c1-39(2)66-40(3)55(77(4,70)71)53(54(66)42-13-16-46(58)17-14-42)45-9-8-10-49(36-45)64-31-29-63(30-32-64)47-18-20-48(21-19-47)65-33-34-74-75(65,69)50-22-15-44(52(37-50)78(72,73)57(59,60)61)35-41(38-76-51-11-6-5-7-12-51)23-26-62-27-24-43(25-28-62)56(67)68/h5-22,36-37,39,41,43H,23-35,38H2,1-4H3,(H,67,68)/t41-,75-/m0/s1. The molecule has 3 aliphatic heterocycles.